The van der Waals surface area contributed by atoms with Gasteiger partial charge in [0.1, 0.15) is 0 Å². The van der Waals surface area contributed by atoms with E-state index in [-0.39, 0.29) is 0 Å². The van der Waals surface area contributed by atoms with Crippen molar-refractivity contribution in [3.63, 3.8) is 0 Å². The fourth-order valence-electron chi connectivity index (χ4n) is 1.88. The van der Waals surface area contributed by atoms with Crippen molar-refractivity contribution in [2.75, 3.05) is 17.7 Å². The third kappa shape index (κ3) is 3.18. The second-order valence-electron chi connectivity index (χ2n) is 4.37. The van der Waals surface area contributed by atoms with Crippen LogP contribution in [0.4, 0.5) is 11.4 Å². The topological polar surface area (TPSA) is 53.0 Å². The minimum absolute atomic E-state index is 0.638. The highest BCUT2D eigenvalue weighted by molar-refractivity contribution is 6.31. The minimum Gasteiger partial charge on any atom is -0.399 e. The van der Waals surface area contributed by atoms with Crippen molar-refractivity contribution >= 4 is 23.0 Å². The van der Waals surface area contributed by atoms with Gasteiger partial charge in [0.2, 0.25) is 0 Å². The molecule has 0 fully saturated rings. The average Bonchev–Trinajstić information content (AvgIpc) is 2.43. The van der Waals surface area contributed by atoms with Crippen molar-refractivity contribution in [1.29, 1.82) is 5.26 Å². The molecule has 0 saturated heterocycles. The SMILES string of the molecule is CN(Cc1cc(N)ccc1Cl)c1cccc(C#N)c1. The summed E-state index contributed by atoms with van der Waals surface area (Å²) in [6.07, 6.45) is 0. The van der Waals surface area contributed by atoms with Crippen LogP contribution in [0, 0.1) is 11.3 Å². The zero-order valence-electron chi connectivity index (χ0n) is 10.6. The number of hydrogen-bond acceptors (Lipinski definition) is 3. The highest BCUT2D eigenvalue weighted by atomic mass is 35.5. The molecule has 0 aliphatic carbocycles. The molecule has 3 nitrogen and oxygen atoms in total. The Kier molecular flexibility index (Phi) is 3.94. The lowest BCUT2D eigenvalue weighted by Crippen LogP contribution is -2.16. The van der Waals surface area contributed by atoms with Crippen LogP contribution in [0.15, 0.2) is 42.5 Å². The number of nitrogen functional groups attached to an aromatic ring is 1. The first-order valence-electron chi connectivity index (χ1n) is 5.85. The first-order valence-corrected chi connectivity index (χ1v) is 6.23. The van der Waals surface area contributed by atoms with Crippen LogP contribution in [0.2, 0.25) is 5.02 Å². The lowest BCUT2D eigenvalue weighted by atomic mass is 10.1. The van der Waals surface area contributed by atoms with Crippen LogP contribution >= 0.6 is 11.6 Å². The van der Waals surface area contributed by atoms with Gasteiger partial charge < -0.3 is 10.6 Å². The molecular weight excluding hydrogens is 258 g/mol. The summed E-state index contributed by atoms with van der Waals surface area (Å²) < 4.78 is 0. The van der Waals surface area contributed by atoms with Crippen LogP contribution in [-0.4, -0.2) is 7.05 Å². The summed E-state index contributed by atoms with van der Waals surface area (Å²) in [6, 6.07) is 15.0. The van der Waals surface area contributed by atoms with Crippen LogP contribution in [0.1, 0.15) is 11.1 Å². The molecule has 2 rings (SSSR count). The van der Waals surface area contributed by atoms with Gasteiger partial charge in [0, 0.05) is 30.0 Å². The molecule has 19 heavy (non-hydrogen) atoms. The van der Waals surface area contributed by atoms with E-state index in [0.29, 0.717) is 22.8 Å². The monoisotopic (exact) mass is 271 g/mol. The summed E-state index contributed by atoms with van der Waals surface area (Å²) in [5.41, 5.74) is 9.04. The van der Waals surface area contributed by atoms with Crippen molar-refractivity contribution in [3.05, 3.63) is 58.6 Å². The number of benzene rings is 2. The summed E-state index contributed by atoms with van der Waals surface area (Å²) in [6.45, 7) is 0.638. The maximum absolute atomic E-state index is 8.91. The van der Waals surface area contributed by atoms with Crippen molar-refractivity contribution in [2.45, 2.75) is 6.54 Å². The van der Waals surface area contributed by atoms with E-state index in [1.54, 1.807) is 18.2 Å². The fourth-order valence-corrected chi connectivity index (χ4v) is 2.05. The standard InChI is InChI=1S/C15H14ClN3/c1-19(14-4-2-3-11(7-14)9-17)10-12-8-13(18)5-6-15(12)16/h2-8H,10,18H2,1H3. The smallest absolute Gasteiger partial charge is 0.0992 e. The van der Waals surface area contributed by atoms with E-state index in [2.05, 4.69) is 6.07 Å². The van der Waals surface area contributed by atoms with E-state index in [1.807, 2.05) is 36.2 Å². The van der Waals surface area contributed by atoms with E-state index < -0.39 is 0 Å². The predicted octanol–water partition coefficient (Wildman–Crippen LogP) is 3.43. The van der Waals surface area contributed by atoms with Gasteiger partial charge in [-0.2, -0.15) is 5.26 Å². The van der Waals surface area contributed by atoms with E-state index in [1.165, 1.54) is 0 Å². The maximum atomic E-state index is 8.91. The molecule has 2 aromatic rings. The molecule has 0 unspecified atom stereocenters. The molecule has 0 aliphatic rings. The second-order valence-corrected chi connectivity index (χ2v) is 4.78. The Balaban J connectivity index is 2.23. The maximum Gasteiger partial charge on any atom is 0.0992 e. The molecule has 0 aliphatic heterocycles. The van der Waals surface area contributed by atoms with Gasteiger partial charge in [-0.05, 0) is 42.0 Å². The number of nitriles is 1. The van der Waals surface area contributed by atoms with Crippen LogP contribution in [0.5, 0.6) is 0 Å². The van der Waals surface area contributed by atoms with Gasteiger partial charge in [0.15, 0.2) is 0 Å². The number of nitrogens with two attached hydrogens (primary N) is 1. The van der Waals surface area contributed by atoms with Crippen LogP contribution < -0.4 is 10.6 Å². The Labute approximate surface area is 117 Å². The van der Waals surface area contributed by atoms with Crippen LogP contribution in [0.25, 0.3) is 0 Å². The number of nitrogens with zero attached hydrogens (tertiary/aromatic N) is 2. The van der Waals surface area contributed by atoms with E-state index in [0.717, 1.165) is 11.3 Å². The van der Waals surface area contributed by atoms with Crippen LogP contribution in [0.3, 0.4) is 0 Å². The molecule has 0 bridgehead atoms. The Morgan fingerprint density at radius 2 is 2.05 bits per heavy atom. The highest BCUT2D eigenvalue weighted by Crippen LogP contribution is 2.23. The summed E-state index contributed by atoms with van der Waals surface area (Å²) in [5, 5.41) is 9.60. The Morgan fingerprint density at radius 1 is 1.26 bits per heavy atom. The van der Waals surface area contributed by atoms with Gasteiger partial charge in [0.05, 0.1) is 11.6 Å². The largest absolute Gasteiger partial charge is 0.399 e. The molecule has 0 heterocycles. The zero-order valence-corrected chi connectivity index (χ0v) is 11.4. The molecule has 0 saturated carbocycles. The fraction of sp³-hybridized carbons (Fsp3) is 0.133. The molecule has 96 valence electrons. The minimum atomic E-state index is 0.638. The van der Waals surface area contributed by atoms with Gasteiger partial charge >= 0.3 is 0 Å². The summed E-state index contributed by atoms with van der Waals surface area (Å²) in [7, 11) is 1.95. The Hall–Kier alpha value is -2.18. The van der Waals surface area contributed by atoms with Gasteiger partial charge in [-0.3, -0.25) is 0 Å². The molecule has 2 N–H and O–H groups in total. The normalized spacial score (nSPS) is 9.95. The zero-order chi connectivity index (χ0) is 13.8. The molecule has 0 atom stereocenters. The van der Waals surface area contributed by atoms with E-state index in [4.69, 9.17) is 22.6 Å². The lowest BCUT2D eigenvalue weighted by Gasteiger charge is -2.20. The average molecular weight is 272 g/mol. The van der Waals surface area contributed by atoms with Gasteiger partial charge in [-0.15, -0.1) is 0 Å². The van der Waals surface area contributed by atoms with Crippen LogP contribution in [-0.2, 0) is 6.54 Å². The van der Waals surface area contributed by atoms with Crippen molar-refractivity contribution < 1.29 is 0 Å². The first kappa shape index (κ1) is 13.3. The molecule has 4 heteroatoms. The number of anilines is 2. The summed E-state index contributed by atoms with van der Waals surface area (Å²) >= 11 is 6.15. The molecule has 0 radical (unpaired) electrons. The number of halogens is 1. The third-order valence-corrected chi connectivity index (χ3v) is 3.26. The van der Waals surface area contributed by atoms with Gasteiger partial charge in [-0.25, -0.2) is 0 Å². The predicted molar refractivity (Wildman–Crippen MR) is 79.1 cm³/mol. The van der Waals surface area contributed by atoms with E-state index in [9.17, 15) is 0 Å². The number of rotatable bonds is 3. The third-order valence-electron chi connectivity index (χ3n) is 2.89. The van der Waals surface area contributed by atoms with Crippen molar-refractivity contribution in [2.24, 2.45) is 0 Å². The molecule has 0 aromatic heterocycles. The molecule has 0 amide bonds. The van der Waals surface area contributed by atoms with Gasteiger partial charge in [0.25, 0.3) is 0 Å². The number of hydrogen-bond donors (Lipinski definition) is 1. The summed E-state index contributed by atoms with van der Waals surface area (Å²) in [4.78, 5) is 2.03. The summed E-state index contributed by atoms with van der Waals surface area (Å²) in [5.74, 6) is 0. The van der Waals surface area contributed by atoms with E-state index >= 15 is 0 Å². The lowest BCUT2D eigenvalue weighted by molar-refractivity contribution is 0.923. The van der Waals surface area contributed by atoms with Crippen molar-refractivity contribution in [1.82, 2.24) is 0 Å². The Morgan fingerprint density at radius 3 is 2.79 bits per heavy atom. The Bertz CT molecular complexity index is 632. The molecular formula is C15H14ClN3. The second kappa shape index (κ2) is 5.64. The van der Waals surface area contributed by atoms with Gasteiger partial charge in [-0.1, -0.05) is 17.7 Å². The first-order chi connectivity index (χ1) is 9.10. The molecule has 0 spiro atoms. The quantitative estimate of drug-likeness (QED) is 0.870. The van der Waals surface area contributed by atoms with Crippen molar-refractivity contribution in [3.8, 4) is 6.07 Å². The highest BCUT2D eigenvalue weighted by Gasteiger charge is 2.06. The molecule has 2 aromatic carbocycles.